The number of aryl methyl sites for hydroxylation is 1. The van der Waals surface area contributed by atoms with Crippen LogP contribution in [0.1, 0.15) is 26.7 Å². The van der Waals surface area contributed by atoms with Gasteiger partial charge in [0.2, 0.25) is 0 Å². The fourth-order valence-electron chi connectivity index (χ4n) is 1.45. The monoisotopic (exact) mass is 237 g/mol. The van der Waals surface area contributed by atoms with E-state index in [2.05, 4.69) is 34.6 Å². The zero-order valence-corrected chi connectivity index (χ0v) is 10.8. The lowest BCUT2D eigenvalue weighted by molar-refractivity contribution is 0.570. The lowest BCUT2D eigenvalue weighted by Gasteiger charge is -2.10. The molecular formula is C12H23N5. The van der Waals surface area contributed by atoms with Crippen LogP contribution >= 0.6 is 0 Å². The van der Waals surface area contributed by atoms with Crippen molar-refractivity contribution < 1.29 is 0 Å². The Morgan fingerprint density at radius 1 is 1.35 bits per heavy atom. The molecule has 0 unspecified atom stereocenters. The van der Waals surface area contributed by atoms with Crippen molar-refractivity contribution in [1.29, 1.82) is 0 Å². The summed E-state index contributed by atoms with van der Waals surface area (Å²) in [5, 5.41) is 10.7. The van der Waals surface area contributed by atoms with E-state index in [1.54, 1.807) is 6.20 Å². The van der Waals surface area contributed by atoms with Gasteiger partial charge < -0.3 is 10.6 Å². The van der Waals surface area contributed by atoms with E-state index in [4.69, 9.17) is 0 Å². The van der Waals surface area contributed by atoms with Gasteiger partial charge in [-0.1, -0.05) is 6.92 Å². The Bertz CT molecular complexity index is 305. The van der Waals surface area contributed by atoms with Crippen LogP contribution in [0, 0.1) is 0 Å². The highest BCUT2D eigenvalue weighted by Gasteiger charge is 1.96. The SMILES string of the molecule is CCCN=C(NCC)NCCCn1cccn1. The number of nitrogens with one attached hydrogen (secondary N) is 2. The van der Waals surface area contributed by atoms with Crippen LogP contribution in [-0.2, 0) is 6.54 Å². The van der Waals surface area contributed by atoms with Crippen LogP contribution in [0.15, 0.2) is 23.5 Å². The van der Waals surface area contributed by atoms with E-state index in [0.717, 1.165) is 45.0 Å². The summed E-state index contributed by atoms with van der Waals surface area (Å²) in [6, 6.07) is 1.94. The molecule has 0 bridgehead atoms. The molecule has 5 heteroatoms. The fourth-order valence-corrected chi connectivity index (χ4v) is 1.45. The molecule has 0 aromatic carbocycles. The van der Waals surface area contributed by atoms with E-state index in [0.29, 0.717) is 0 Å². The molecule has 0 spiro atoms. The van der Waals surface area contributed by atoms with Crippen molar-refractivity contribution in [2.24, 2.45) is 4.99 Å². The molecule has 0 atom stereocenters. The summed E-state index contributed by atoms with van der Waals surface area (Å²) >= 11 is 0. The van der Waals surface area contributed by atoms with Gasteiger partial charge in [0.25, 0.3) is 0 Å². The Labute approximate surface area is 103 Å². The Hall–Kier alpha value is -1.52. The third-order valence-electron chi connectivity index (χ3n) is 2.25. The summed E-state index contributed by atoms with van der Waals surface area (Å²) in [7, 11) is 0. The third kappa shape index (κ3) is 5.94. The van der Waals surface area contributed by atoms with E-state index in [-0.39, 0.29) is 0 Å². The number of aliphatic imine (C=N–C) groups is 1. The molecule has 0 fully saturated rings. The molecule has 0 saturated carbocycles. The number of hydrogen-bond acceptors (Lipinski definition) is 2. The molecule has 0 aliphatic carbocycles. The number of nitrogens with zero attached hydrogens (tertiary/aromatic N) is 3. The third-order valence-corrected chi connectivity index (χ3v) is 2.25. The second kappa shape index (κ2) is 8.61. The Balaban J connectivity index is 2.17. The van der Waals surface area contributed by atoms with E-state index >= 15 is 0 Å². The fraction of sp³-hybridized carbons (Fsp3) is 0.667. The highest BCUT2D eigenvalue weighted by molar-refractivity contribution is 5.79. The number of rotatable bonds is 7. The molecule has 0 saturated heterocycles. The minimum absolute atomic E-state index is 0.870. The molecule has 1 heterocycles. The molecule has 0 amide bonds. The first-order valence-corrected chi connectivity index (χ1v) is 6.36. The van der Waals surface area contributed by atoms with Gasteiger partial charge in [0.15, 0.2) is 5.96 Å². The average Bonchev–Trinajstić information content (AvgIpc) is 2.84. The zero-order chi connectivity index (χ0) is 12.3. The molecule has 1 aromatic heterocycles. The van der Waals surface area contributed by atoms with Gasteiger partial charge in [0, 0.05) is 38.6 Å². The topological polar surface area (TPSA) is 54.2 Å². The Morgan fingerprint density at radius 3 is 2.88 bits per heavy atom. The first-order chi connectivity index (χ1) is 8.36. The molecular weight excluding hydrogens is 214 g/mol. The second-order valence-corrected chi connectivity index (χ2v) is 3.81. The normalized spacial score (nSPS) is 11.5. The van der Waals surface area contributed by atoms with Crippen LogP contribution in [0.25, 0.3) is 0 Å². The highest BCUT2D eigenvalue weighted by Crippen LogP contribution is 1.88. The van der Waals surface area contributed by atoms with Crippen LogP contribution in [0.2, 0.25) is 0 Å². The van der Waals surface area contributed by atoms with E-state index in [9.17, 15) is 0 Å². The van der Waals surface area contributed by atoms with E-state index < -0.39 is 0 Å². The number of aromatic nitrogens is 2. The van der Waals surface area contributed by atoms with Crippen molar-refractivity contribution in [2.45, 2.75) is 33.2 Å². The first kappa shape index (κ1) is 13.5. The van der Waals surface area contributed by atoms with Gasteiger partial charge in [-0.3, -0.25) is 9.67 Å². The lowest BCUT2D eigenvalue weighted by atomic mass is 10.4. The molecule has 1 aromatic rings. The standard InChI is InChI=1S/C12H23N5/c1-3-7-14-12(13-4-2)15-8-5-10-17-11-6-9-16-17/h6,9,11H,3-5,7-8,10H2,1-2H3,(H2,13,14,15). The van der Waals surface area contributed by atoms with Gasteiger partial charge >= 0.3 is 0 Å². The predicted octanol–water partition coefficient (Wildman–Crippen LogP) is 1.24. The van der Waals surface area contributed by atoms with Crippen molar-refractivity contribution in [1.82, 2.24) is 20.4 Å². The molecule has 0 aliphatic rings. The van der Waals surface area contributed by atoms with Gasteiger partial charge in [-0.2, -0.15) is 5.10 Å². The molecule has 1 rings (SSSR count). The van der Waals surface area contributed by atoms with Crippen molar-refractivity contribution >= 4 is 5.96 Å². The first-order valence-electron chi connectivity index (χ1n) is 6.36. The van der Waals surface area contributed by atoms with Crippen LogP contribution in [0.3, 0.4) is 0 Å². The second-order valence-electron chi connectivity index (χ2n) is 3.81. The Kier molecular flexibility index (Phi) is 6.86. The van der Waals surface area contributed by atoms with Crippen molar-refractivity contribution in [3.05, 3.63) is 18.5 Å². The van der Waals surface area contributed by atoms with E-state index in [1.165, 1.54) is 0 Å². The minimum atomic E-state index is 0.870. The van der Waals surface area contributed by atoms with Gasteiger partial charge in [0.05, 0.1) is 0 Å². The van der Waals surface area contributed by atoms with Crippen LogP contribution < -0.4 is 10.6 Å². The molecule has 96 valence electrons. The summed E-state index contributed by atoms with van der Waals surface area (Å²) in [6.45, 7) is 7.82. The van der Waals surface area contributed by atoms with Crippen molar-refractivity contribution in [3.63, 3.8) is 0 Å². The average molecular weight is 237 g/mol. The van der Waals surface area contributed by atoms with Gasteiger partial charge in [-0.05, 0) is 25.8 Å². The van der Waals surface area contributed by atoms with Crippen molar-refractivity contribution in [2.75, 3.05) is 19.6 Å². The smallest absolute Gasteiger partial charge is 0.191 e. The van der Waals surface area contributed by atoms with Crippen LogP contribution in [-0.4, -0.2) is 35.4 Å². The van der Waals surface area contributed by atoms with Crippen LogP contribution in [0.5, 0.6) is 0 Å². The summed E-state index contributed by atoms with van der Waals surface area (Å²) in [5.41, 5.74) is 0. The number of hydrogen-bond donors (Lipinski definition) is 2. The molecule has 5 nitrogen and oxygen atoms in total. The lowest BCUT2D eigenvalue weighted by Crippen LogP contribution is -2.38. The maximum Gasteiger partial charge on any atom is 0.191 e. The summed E-state index contributed by atoms with van der Waals surface area (Å²) in [4.78, 5) is 4.44. The van der Waals surface area contributed by atoms with Gasteiger partial charge in [-0.15, -0.1) is 0 Å². The molecule has 2 N–H and O–H groups in total. The quantitative estimate of drug-likeness (QED) is 0.426. The van der Waals surface area contributed by atoms with E-state index in [1.807, 2.05) is 16.9 Å². The zero-order valence-electron chi connectivity index (χ0n) is 10.8. The number of guanidine groups is 1. The predicted molar refractivity (Wildman–Crippen MR) is 71.1 cm³/mol. The molecule has 0 aliphatic heterocycles. The minimum Gasteiger partial charge on any atom is -0.357 e. The van der Waals surface area contributed by atoms with Gasteiger partial charge in [0.1, 0.15) is 0 Å². The highest BCUT2D eigenvalue weighted by atomic mass is 15.3. The molecule has 17 heavy (non-hydrogen) atoms. The van der Waals surface area contributed by atoms with Crippen LogP contribution in [0.4, 0.5) is 0 Å². The van der Waals surface area contributed by atoms with Gasteiger partial charge in [-0.25, -0.2) is 0 Å². The Morgan fingerprint density at radius 2 is 2.24 bits per heavy atom. The molecule has 0 radical (unpaired) electrons. The summed E-state index contributed by atoms with van der Waals surface area (Å²) in [5.74, 6) is 0.912. The maximum absolute atomic E-state index is 4.44. The largest absolute Gasteiger partial charge is 0.357 e. The summed E-state index contributed by atoms with van der Waals surface area (Å²) in [6.07, 6.45) is 5.90. The van der Waals surface area contributed by atoms with Crippen molar-refractivity contribution in [3.8, 4) is 0 Å². The maximum atomic E-state index is 4.44. The summed E-state index contributed by atoms with van der Waals surface area (Å²) < 4.78 is 1.94.